The van der Waals surface area contributed by atoms with Crippen LogP contribution in [0, 0.1) is 17.1 Å². The Kier molecular flexibility index (Phi) is 4.21. The summed E-state index contributed by atoms with van der Waals surface area (Å²) in [6.07, 6.45) is 0. The Morgan fingerprint density at radius 3 is 2.23 bits per heavy atom. The molecule has 0 aromatic heterocycles. The quantitative estimate of drug-likeness (QED) is 0.827. The van der Waals surface area contributed by atoms with Crippen molar-refractivity contribution in [2.75, 3.05) is 15.4 Å². The number of nitriles is 1. The summed E-state index contributed by atoms with van der Waals surface area (Å²) in [4.78, 5) is 25.6. The normalized spacial score (nSPS) is 13.5. The first-order valence-corrected chi connectivity index (χ1v) is 9.16. The van der Waals surface area contributed by atoms with Crippen LogP contribution in [-0.4, -0.2) is 26.0 Å². The van der Waals surface area contributed by atoms with Crippen molar-refractivity contribution in [3.8, 4) is 6.07 Å². The van der Waals surface area contributed by atoms with Gasteiger partial charge < -0.3 is 0 Å². The van der Waals surface area contributed by atoms with Gasteiger partial charge in [0.05, 0.1) is 33.8 Å². The SMILES string of the molecule is CCS(=O)(=O)Nc1cc(N2C(=O)c3ccccc3C2=O)c(F)cc1C#N. The van der Waals surface area contributed by atoms with Crippen LogP contribution in [0.5, 0.6) is 0 Å². The Morgan fingerprint density at radius 1 is 1.15 bits per heavy atom. The maximum atomic E-state index is 14.5. The van der Waals surface area contributed by atoms with E-state index in [1.54, 1.807) is 18.2 Å². The summed E-state index contributed by atoms with van der Waals surface area (Å²) in [6.45, 7) is 1.39. The van der Waals surface area contributed by atoms with Gasteiger partial charge in [0.1, 0.15) is 11.9 Å². The summed E-state index contributed by atoms with van der Waals surface area (Å²) in [7, 11) is -3.75. The maximum Gasteiger partial charge on any atom is 0.266 e. The van der Waals surface area contributed by atoms with E-state index in [-0.39, 0.29) is 28.1 Å². The van der Waals surface area contributed by atoms with Crippen molar-refractivity contribution in [1.29, 1.82) is 5.26 Å². The predicted molar refractivity (Wildman–Crippen MR) is 91.8 cm³/mol. The van der Waals surface area contributed by atoms with Gasteiger partial charge in [-0.05, 0) is 31.2 Å². The molecule has 0 atom stereocenters. The number of sulfonamides is 1. The van der Waals surface area contributed by atoms with Gasteiger partial charge in [0.15, 0.2) is 0 Å². The molecule has 0 aliphatic carbocycles. The Bertz CT molecular complexity index is 1050. The third-order valence-corrected chi connectivity index (χ3v) is 5.18. The van der Waals surface area contributed by atoms with Crippen LogP contribution in [0.4, 0.5) is 15.8 Å². The van der Waals surface area contributed by atoms with Crippen LogP contribution < -0.4 is 9.62 Å². The second kappa shape index (κ2) is 6.24. The Morgan fingerprint density at radius 2 is 1.73 bits per heavy atom. The Hall–Kier alpha value is -3.25. The number of nitrogens with zero attached hydrogens (tertiary/aromatic N) is 2. The van der Waals surface area contributed by atoms with Gasteiger partial charge in [0.2, 0.25) is 10.0 Å². The molecule has 2 aromatic rings. The van der Waals surface area contributed by atoms with Crippen molar-refractivity contribution in [3.05, 3.63) is 58.9 Å². The molecule has 0 saturated carbocycles. The molecule has 0 bridgehead atoms. The van der Waals surface area contributed by atoms with Crippen molar-refractivity contribution >= 4 is 33.2 Å². The molecular formula is C17H12FN3O4S. The lowest BCUT2D eigenvalue weighted by molar-refractivity contribution is 0.0925. The van der Waals surface area contributed by atoms with Gasteiger partial charge in [0.25, 0.3) is 11.8 Å². The lowest BCUT2D eigenvalue weighted by Crippen LogP contribution is -2.30. The third kappa shape index (κ3) is 2.80. The van der Waals surface area contributed by atoms with Crippen molar-refractivity contribution in [1.82, 2.24) is 0 Å². The number of hydrogen-bond acceptors (Lipinski definition) is 5. The average molecular weight is 373 g/mol. The van der Waals surface area contributed by atoms with E-state index in [9.17, 15) is 22.4 Å². The van der Waals surface area contributed by atoms with Gasteiger partial charge in [-0.25, -0.2) is 17.7 Å². The molecule has 132 valence electrons. The minimum atomic E-state index is -3.75. The topological polar surface area (TPSA) is 107 Å². The summed E-state index contributed by atoms with van der Waals surface area (Å²) >= 11 is 0. The van der Waals surface area contributed by atoms with Crippen molar-refractivity contribution in [2.24, 2.45) is 0 Å². The number of imide groups is 1. The molecule has 2 aromatic carbocycles. The number of amides is 2. The Labute approximate surface area is 148 Å². The van der Waals surface area contributed by atoms with Gasteiger partial charge in [-0.15, -0.1) is 0 Å². The Balaban J connectivity index is 2.14. The van der Waals surface area contributed by atoms with Gasteiger partial charge in [0, 0.05) is 0 Å². The number of nitrogens with one attached hydrogen (secondary N) is 1. The van der Waals surface area contributed by atoms with Crippen LogP contribution in [0.25, 0.3) is 0 Å². The molecule has 0 unspecified atom stereocenters. The molecule has 26 heavy (non-hydrogen) atoms. The van der Waals surface area contributed by atoms with E-state index in [1.807, 2.05) is 0 Å². The molecule has 1 N–H and O–H groups in total. The van der Waals surface area contributed by atoms with E-state index >= 15 is 0 Å². The molecule has 1 aliphatic heterocycles. The zero-order valence-corrected chi connectivity index (χ0v) is 14.3. The number of benzene rings is 2. The zero-order valence-electron chi connectivity index (χ0n) is 13.5. The first-order chi connectivity index (χ1) is 12.3. The molecule has 3 rings (SSSR count). The molecule has 1 aliphatic rings. The van der Waals surface area contributed by atoms with Crippen molar-refractivity contribution in [2.45, 2.75) is 6.92 Å². The maximum absolute atomic E-state index is 14.5. The summed E-state index contributed by atoms with van der Waals surface area (Å²) < 4.78 is 40.2. The number of hydrogen-bond donors (Lipinski definition) is 1. The van der Waals surface area contributed by atoms with Crippen molar-refractivity contribution in [3.63, 3.8) is 0 Å². The van der Waals surface area contributed by atoms with E-state index in [2.05, 4.69) is 4.72 Å². The molecule has 9 heteroatoms. The van der Waals surface area contributed by atoms with Crippen LogP contribution in [-0.2, 0) is 10.0 Å². The fourth-order valence-electron chi connectivity index (χ4n) is 2.56. The fourth-order valence-corrected chi connectivity index (χ4v) is 3.21. The van der Waals surface area contributed by atoms with Crippen LogP contribution in [0.15, 0.2) is 36.4 Å². The van der Waals surface area contributed by atoms with Crippen LogP contribution in [0.3, 0.4) is 0 Å². The van der Waals surface area contributed by atoms with Gasteiger partial charge >= 0.3 is 0 Å². The standard InChI is InChI=1S/C17H12FN3O4S/c1-2-26(24,25)20-14-8-15(13(18)7-10(14)9-19)21-16(22)11-5-3-4-6-12(11)17(21)23/h3-8,20H,2H2,1H3. The summed E-state index contributed by atoms with van der Waals surface area (Å²) in [5.41, 5.74) is -0.653. The van der Waals surface area contributed by atoms with Crippen LogP contribution in [0.2, 0.25) is 0 Å². The van der Waals surface area contributed by atoms with E-state index in [0.29, 0.717) is 4.90 Å². The summed E-state index contributed by atoms with van der Waals surface area (Å²) in [5.74, 6) is -2.70. The zero-order chi connectivity index (χ0) is 19.1. The van der Waals surface area contributed by atoms with E-state index in [1.165, 1.54) is 19.1 Å². The summed E-state index contributed by atoms with van der Waals surface area (Å²) in [5, 5.41) is 9.12. The van der Waals surface area contributed by atoms with Crippen LogP contribution in [0.1, 0.15) is 33.2 Å². The van der Waals surface area contributed by atoms with Crippen LogP contribution >= 0.6 is 0 Å². The third-order valence-electron chi connectivity index (χ3n) is 3.89. The first-order valence-electron chi connectivity index (χ1n) is 7.51. The summed E-state index contributed by atoms with van der Waals surface area (Å²) in [6, 6.07) is 9.47. The predicted octanol–water partition coefficient (Wildman–Crippen LogP) is 2.26. The minimum absolute atomic E-state index is 0.122. The van der Waals surface area contributed by atoms with E-state index in [4.69, 9.17) is 5.26 Å². The lowest BCUT2D eigenvalue weighted by atomic mass is 10.1. The number of carbonyl (C=O) groups excluding carboxylic acids is 2. The monoisotopic (exact) mass is 373 g/mol. The van der Waals surface area contributed by atoms with Gasteiger partial charge in [-0.2, -0.15) is 5.26 Å². The molecule has 7 nitrogen and oxygen atoms in total. The highest BCUT2D eigenvalue weighted by Crippen LogP contribution is 2.33. The fraction of sp³-hybridized carbons (Fsp3) is 0.118. The highest BCUT2D eigenvalue weighted by molar-refractivity contribution is 7.92. The number of rotatable bonds is 4. The molecule has 1 heterocycles. The van der Waals surface area contributed by atoms with Gasteiger partial charge in [-0.3, -0.25) is 14.3 Å². The molecule has 0 radical (unpaired) electrons. The van der Waals surface area contributed by atoms with E-state index < -0.39 is 33.3 Å². The molecule has 0 saturated heterocycles. The number of fused-ring (bicyclic) bond motifs is 1. The molecular weight excluding hydrogens is 361 g/mol. The highest BCUT2D eigenvalue weighted by Gasteiger charge is 2.38. The second-order valence-corrected chi connectivity index (χ2v) is 7.47. The lowest BCUT2D eigenvalue weighted by Gasteiger charge is -2.17. The van der Waals surface area contributed by atoms with Crippen molar-refractivity contribution < 1.29 is 22.4 Å². The molecule has 0 spiro atoms. The average Bonchev–Trinajstić information content (AvgIpc) is 2.87. The first kappa shape index (κ1) is 17.6. The second-order valence-electron chi connectivity index (χ2n) is 5.46. The molecule has 2 amide bonds. The smallest absolute Gasteiger partial charge is 0.266 e. The molecule has 0 fully saturated rings. The van der Waals surface area contributed by atoms with E-state index in [0.717, 1.165) is 12.1 Å². The minimum Gasteiger partial charge on any atom is -0.282 e. The largest absolute Gasteiger partial charge is 0.282 e. The highest BCUT2D eigenvalue weighted by atomic mass is 32.2. The van der Waals surface area contributed by atoms with Gasteiger partial charge in [-0.1, -0.05) is 12.1 Å². The number of carbonyl (C=O) groups is 2. The number of halogens is 1. The number of anilines is 2.